The SMILES string of the molecule is NCC(c1c[nH]c2ccc(Cl)cc12)C1CCN(CCO)CC1. The first-order valence-electron chi connectivity index (χ1n) is 8.02. The first kappa shape index (κ1) is 15.8. The number of fused-ring (bicyclic) bond motifs is 1. The molecule has 1 aromatic carbocycles. The van der Waals surface area contributed by atoms with Crippen molar-refractivity contribution >= 4 is 22.5 Å². The number of H-pyrrole nitrogens is 1. The predicted octanol–water partition coefficient (Wildman–Crippen LogP) is 2.57. The number of nitrogens with zero attached hydrogens (tertiary/aromatic N) is 1. The lowest BCUT2D eigenvalue weighted by Crippen LogP contribution is -2.38. The van der Waals surface area contributed by atoms with Gasteiger partial charge in [-0.2, -0.15) is 0 Å². The van der Waals surface area contributed by atoms with Gasteiger partial charge in [0.25, 0.3) is 0 Å². The molecule has 1 saturated heterocycles. The number of β-amino-alcohol motifs (C(OH)–C–C–N with tert-alkyl or cyclic N) is 1. The number of aliphatic hydroxyl groups is 1. The van der Waals surface area contributed by atoms with Gasteiger partial charge in [-0.15, -0.1) is 0 Å². The zero-order valence-corrected chi connectivity index (χ0v) is 13.5. The minimum absolute atomic E-state index is 0.242. The van der Waals surface area contributed by atoms with Gasteiger partial charge in [-0.1, -0.05) is 11.6 Å². The van der Waals surface area contributed by atoms with Crippen molar-refractivity contribution < 1.29 is 5.11 Å². The molecule has 0 bridgehead atoms. The maximum absolute atomic E-state index is 9.06. The summed E-state index contributed by atoms with van der Waals surface area (Å²) in [5.41, 5.74) is 8.53. The Labute approximate surface area is 136 Å². The standard InChI is InChI=1S/C17H24ClN3O/c18-13-1-2-17-14(9-13)16(11-20-17)15(10-19)12-3-5-21(6-4-12)7-8-22/h1-2,9,11-12,15,20,22H,3-8,10,19H2. The normalized spacial score (nSPS) is 18.9. The lowest BCUT2D eigenvalue weighted by atomic mass is 9.80. The average Bonchev–Trinajstić information content (AvgIpc) is 2.93. The third kappa shape index (κ3) is 3.15. The quantitative estimate of drug-likeness (QED) is 0.793. The highest BCUT2D eigenvalue weighted by Gasteiger charge is 2.28. The summed E-state index contributed by atoms with van der Waals surface area (Å²) in [4.78, 5) is 5.67. The van der Waals surface area contributed by atoms with Crippen molar-refractivity contribution in [3.8, 4) is 0 Å². The highest BCUT2D eigenvalue weighted by atomic mass is 35.5. The Morgan fingerprint density at radius 3 is 2.82 bits per heavy atom. The Balaban J connectivity index is 1.80. The van der Waals surface area contributed by atoms with E-state index in [1.807, 2.05) is 18.2 Å². The van der Waals surface area contributed by atoms with Crippen LogP contribution in [-0.4, -0.2) is 47.8 Å². The predicted molar refractivity (Wildman–Crippen MR) is 91.4 cm³/mol. The van der Waals surface area contributed by atoms with E-state index in [0.717, 1.165) is 43.0 Å². The van der Waals surface area contributed by atoms with Crippen LogP contribution in [0.3, 0.4) is 0 Å². The van der Waals surface area contributed by atoms with E-state index >= 15 is 0 Å². The van der Waals surface area contributed by atoms with Crippen molar-refractivity contribution in [2.75, 3.05) is 32.8 Å². The van der Waals surface area contributed by atoms with Crippen LogP contribution in [-0.2, 0) is 0 Å². The minimum Gasteiger partial charge on any atom is -0.395 e. The molecule has 3 rings (SSSR count). The van der Waals surface area contributed by atoms with Crippen LogP contribution in [0.5, 0.6) is 0 Å². The molecule has 2 aromatic rings. The summed E-state index contributed by atoms with van der Waals surface area (Å²) in [6, 6.07) is 5.97. The van der Waals surface area contributed by atoms with Gasteiger partial charge in [0.05, 0.1) is 6.61 Å². The third-order valence-electron chi connectivity index (χ3n) is 4.95. The maximum Gasteiger partial charge on any atom is 0.0558 e. The molecule has 0 radical (unpaired) electrons. The Hall–Kier alpha value is -1.07. The summed E-state index contributed by atoms with van der Waals surface area (Å²) in [6.45, 7) is 3.77. The van der Waals surface area contributed by atoms with Crippen molar-refractivity contribution in [2.24, 2.45) is 11.7 Å². The minimum atomic E-state index is 0.242. The zero-order valence-electron chi connectivity index (χ0n) is 12.8. The first-order valence-corrected chi connectivity index (χ1v) is 8.40. The molecule has 22 heavy (non-hydrogen) atoms. The van der Waals surface area contributed by atoms with Gasteiger partial charge in [0.1, 0.15) is 0 Å². The molecule has 0 saturated carbocycles. The number of hydrogen-bond donors (Lipinski definition) is 3. The highest BCUT2D eigenvalue weighted by molar-refractivity contribution is 6.31. The largest absolute Gasteiger partial charge is 0.395 e. The molecular formula is C17H24ClN3O. The maximum atomic E-state index is 9.06. The van der Waals surface area contributed by atoms with Crippen molar-refractivity contribution in [1.82, 2.24) is 9.88 Å². The molecule has 2 heterocycles. The summed E-state index contributed by atoms with van der Waals surface area (Å²) in [7, 11) is 0. The van der Waals surface area contributed by atoms with Gasteiger partial charge in [-0.3, -0.25) is 0 Å². The molecule has 0 amide bonds. The van der Waals surface area contributed by atoms with Crippen molar-refractivity contribution in [3.05, 3.63) is 35.0 Å². The van der Waals surface area contributed by atoms with Crippen LogP contribution in [0.25, 0.3) is 10.9 Å². The van der Waals surface area contributed by atoms with Crippen LogP contribution in [0.2, 0.25) is 5.02 Å². The van der Waals surface area contributed by atoms with E-state index in [2.05, 4.69) is 16.1 Å². The number of hydrogen-bond acceptors (Lipinski definition) is 3. The molecule has 4 nitrogen and oxygen atoms in total. The number of benzene rings is 1. The van der Waals surface area contributed by atoms with Crippen LogP contribution in [0, 0.1) is 5.92 Å². The van der Waals surface area contributed by atoms with Crippen LogP contribution in [0.15, 0.2) is 24.4 Å². The van der Waals surface area contributed by atoms with Crippen molar-refractivity contribution in [1.29, 1.82) is 0 Å². The molecule has 1 aliphatic heterocycles. The van der Waals surface area contributed by atoms with E-state index in [4.69, 9.17) is 22.4 Å². The number of aromatic nitrogens is 1. The van der Waals surface area contributed by atoms with E-state index in [1.54, 1.807) is 0 Å². The molecular weight excluding hydrogens is 298 g/mol. The summed E-state index contributed by atoms with van der Waals surface area (Å²) >= 11 is 6.16. The summed E-state index contributed by atoms with van der Waals surface area (Å²) < 4.78 is 0. The number of rotatable bonds is 5. The molecule has 1 aliphatic rings. The lowest BCUT2D eigenvalue weighted by molar-refractivity contribution is 0.138. The van der Waals surface area contributed by atoms with Crippen LogP contribution in [0.1, 0.15) is 24.3 Å². The summed E-state index contributed by atoms with van der Waals surface area (Å²) in [5, 5.41) is 11.0. The average molecular weight is 322 g/mol. The Kier molecular flexibility index (Phi) is 5.03. The molecule has 5 heteroatoms. The molecule has 120 valence electrons. The summed E-state index contributed by atoms with van der Waals surface area (Å²) in [5.74, 6) is 0.960. The third-order valence-corrected chi connectivity index (χ3v) is 5.18. The van der Waals surface area contributed by atoms with Crippen molar-refractivity contribution in [2.45, 2.75) is 18.8 Å². The first-order chi connectivity index (χ1) is 10.7. The van der Waals surface area contributed by atoms with Crippen molar-refractivity contribution in [3.63, 3.8) is 0 Å². The van der Waals surface area contributed by atoms with Crippen LogP contribution >= 0.6 is 11.6 Å². The molecule has 0 spiro atoms. The number of nitrogens with one attached hydrogen (secondary N) is 1. The molecule has 1 atom stereocenters. The van der Waals surface area contributed by atoms with Gasteiger partial charge < -0.3 is 20.7 Å². The van der Waals surface area contributed by atoms with E-state index in [1.165, 1.54) is 10.9 Å². The Morgan fingerprint density at radius 1 is 1.36 bits per heavy atom. The van der Waals surface area contributed by atoms with Gasteiger partial charge in [-0.05, 0) is 62.2 Å². The summed E-state index contributed by atoms with van der Waals surface area (Å²) in [6.07, 6.45) is 4.36. The smallest absolute Gasteiger partial charge is 0.0558 e. The lowest BCUT2D eigenvalue weighted by Gasteiger charge is -2.35. The van der Waals surface area contributed by atoms with Gasteiger partial charge >= 0.3 is 0 Å². The van der Waals surface area contributed by atoms with Crippen LogP contribution < -0.4 is 5.73 Å². The second kappa shape index (κ2) is 7.01. The highest BCUT2D eigenvalue weighted by Crippen LogP contribution is 2.36. The number of aliphatic hydroxyl groups excluding tert-OH is 1. The number of piperidine rings is 1. The van der Waals surface area contributed by atoms with E-state index < -0.39 is 0 Å². The fraction of sp³-hybridized carbons (Fsp3) is 0.529. The van der Waals surface area contributed by atoms with Gasteiger partial charge in [0.2, 0.25) is 0 Å². The number of nitrogens with two attached hydrogens (primary N) is 1. The number of aromatic amines is 1. The fourth-order valence-corrected chi connectivity index (χ4v) is 3.89. The van der Waals surface area contributed by atoms with Crippen LogP contribution in [0.4, 0.5) is 0 Å². The fourth-order valence-electron chi connectivity index (χ4n) is 3.71. The monoisotopic (exact) mass is 321 g/mol. The molecule has 1 fully saturated rings. The van der Waals surface area contributed by atoms with Gasteiger partial charge in [0, 0.05) is 34.6 Å². The Morgan fingerprint density at radius 2 is 2.14 bits per heavy atom. The second-order valence-corrected chi connectivity index (χ2v) is 6.62. The van der Waals surface area contributed by atoms with Gasteiger partial charge in [-0.25, -0.2) is 0 Å². The molecule has 4 N–H and O–H groups in total. The Bertz CT molecular complexity index is 619. The topological polar surface area (TPSA) is 65.3 Å². The van der Waals surface area contributed by atoms with E-state index in [0.29, 0.717) is 18.4 Å². The second-order valence-electron chi connectivity index (χ2n) is 6.18. The molecule has 1 unspecified atom stereocenters. The zero-order chi connectivity index (χ0) is 15.5. The van der Waals surface area contributed by atoms with E-state index in [-0.39, 0.29) is 6.61 Å². The molecule has 1 aromatic heterocycles. The van der Waals surface area contributed by atoms with E-state index in [9.17, 15) is 0 Å². The number of likely N-dealkylation sites (tertiary alicyclic amines) is 1. The molecule has 0 aliphatic carbocycles. The number of halogens is 1. The van der Waals surface area contributed by atoms with Gasteiger partial charge in [0.15, 0.2) is 0 Å².